The highest BCUT2D eigenvalue weighted by Gasteiger charge is 2.21. The Kier molecular flexibility index (Phi) is 5.12. The van der Waals surface area contributed by atoms with Crippen LogP contribution in [0, 0.1) is 10.1 Å². The number of hydrazone groups is 1. The molecule has 1 aliphatic rings. The molecular formula is C18H14ClN5O4S. The van der Waals surface area contributed by atoms with Crippen molar-refractivity contribution in [1.29, 1.82) is 0 Å². The van der Waals surface area contributed by atoms with E-state index in [0.29, 0.717) is 15.8 Å². The molecule has 0 bridgehead atoms. The van der Waals surface area contributed by atoms with Gasteiger partial charge in [0.15, 0.2) is 0 Å². The van der Waals surface area contributed by atoms with E-state index in [1.807, 2.05) is 0 Å². The van der Waals surface area contributed by atoms with Gasteiger partial charge in [-0.2, -0.15) is 5.10 Å². The molecule has 148 valence electrons. The number of rotatable bonds is 5. The predicted molar refractivity (Wildman–Crippen MR) is 110 cm³/mol. The van der Waals surface area contributed by atoms with Gasteiger partial charge in [0.05, 0.1) is 22.9 Å². The summed E-state index contributed by atoms with van der Waals surface area (Å²) in [6.45, 7) is -0.232. The van der Waals surface area contributed by atoms with E-state index in [1.165, 1.54) is 51.5 Å². The van der Waals surface area contributed by atoms with Gasteiger partial charge in [0.2, 0.25) is 0 Å². The molecule has 0 saturated heterocycles. The van der Waals surface area contributed by atoms with E-state index in [4.69, 9.17) is 11.6 Å². The van der Waals surface area contributed by atoms with Gasteiger partial charge in [0.1, 0.15) is 16.4 Å². The zero-order valence-electron chi connectivity index (χ0n) is 14.9. The highest BCUT2D eigenvalue weighted by atomic mass is 35.5. The van der Waals surface area contributed by atoms with Gasteiger partial charge in [-0.3, -0.25) is 24.3 Å². The maximum atomic E-state index is 12.7. The number of halogens is 1. The van der Waals surface area contributed by atoms with Crippen LogP contribution in [0.1, 0.15) is 22.4 Å². The minimum Gasteiger partial charge on any atom is -0.289 e. The summed E-state index contributed by atoms with van der Waals surface area (Å²) in [5.74, 6) is -0.514. The lowest BCUT2D eigenvalue weighted by Crippen LogP contribution is -2.30. The van der Waals surface area contributed by atoms with Crippen molar-refractivity contribution >= 4 is 51.0 Å². The van der Waals surface area contributed by atoms with E-state index in [0.717, 1.165) is 24.8 Å². The highest BCUT2D eigenvalue weighted by Crippen LogP contribution is 2.34. The fourth-order valence-electron chi connectivity index (χ4n) is 3.25. The number of nitro groups is 1. The van der Waals surface area contributed by atoms with Crippen LogP contribution in [0.15, 0.2) is 34.4 Å². The molecule has 11 heteroatoms. The first-order chi connectivity index (χ1) is 13.9. The molecule has 1 aromatic carbocycles. The SMILES string of the molecule is O=C(Cn1cnc2sc3c(c2c1=O)CCC3)N/N=C/c1ccc(Cl)c([N+](=O)[O-])c1. The molecule has 1 amide bonds. The molecule has 9 nitrogen and oxygen atoms in total. The van der Waals surface area contributed by atoms with Crippen LogP contribution in [-0.4, -0.2) is 26.6 Å². The fourth-order valence-corrected chi connectivity index (χ4v) is 4.66. The number of carbonyl (C=O) groups excluding carboxylic acids is 1. The Labute approximate surface area is 172 Å². The van der Waals surface area contributed by atoms with E-state index in [1.54, 1.807) is 0 Å². The largest absolute Gasteiger partial charge is 0.289 e. The van der Waals surface area contributed by atoms with Gasteiger partial charge < -0.3 is 0 Å². The average Bonchev–Trinajstić information content (AvgIpc) is 3.26. The second-order valence-corrected chi connectivity index (χ2v) is 7.97. The molecule has 2 heterocycles. The molecule has 4 rings (SSSR count). The molecule has 2 aromatic heterocycles. The summed E-state index contributed by atoms with van der Waals surface area (Å²) in [4.78, 5) is 41.4. The summed E-state index contributed by atoms with van der Waals surface area (Å²) in [5, 5.41) is 15.3. The smallest absolute Gasteiger partial charge is 0.288 e. The number of hydrogen-bond acceptors (Lipinski definition) is 7. The van der Waals surface area contributed by atoms with Crippen molar-refractivity contribution in [2.75, 3.05) is 0 Å². The highest BCUT2D eigenvalue weighted by molar-refractivity contribution is 7.18. The molecule has 0 atom stereocenters. The fraction of sp³-hybridized carbons (Fsp3) is 0.222. The number of fused-ring (bicyclic) bond motifs is 3. The molecular weight excluding hydrogens is 418 g/mol. The Bertz CT molecular complexity index is 1230. The zero-order chi connectivity index (χ0) is 20.5. The second-order valence-electron chi connectivity index (χ2n) is 6.48. The number of amides is 1. The first kappa shape index (κ1) is 19.2. The first-order valence-electron chi connectivity index (χ1n) is 8.69. The number of nitrogens with one attached hydrogen (secondary N) is 1. The Hall–Kier alpha value is -3.11. The van der Waals surface area contributed by atoms with Crippen molar-refractivity contribution in [3.8, 4) is 0 Å². The maximum Gasteiger partial charge on any atom is 0.288 e. The number of benzene rings is 1. The molecule has 0 spiro atoms. The van der Waals surface area contributed by atoms with E-state index < -0.39 is 10.8 Å². The summed E-state index contributed by atoms with van der Waals surface area (Å²) in [7, 11) is 0. The first-order valence-corrected chi connectivity index (χ1v) is 9.89. The molecule has 0 saturated carbocycles. The lowest BCUT2D eigenvalue weighted by molar-refractivity contribution is -0.384. The number of aromatic nitrogens is 2. The second kappa shape index (κ2) is 7.72. The van der Waals surface area contributed by atoms with E-state index in [2.05, 4.69) is 15.5 Å². The monoisotopic (exact) mass is 431 g/mol. The van der Waals surface area contributed by atoms with Crippen molar-refractivity contribution < 1.29 is 9.72 Å². The molecule has 29 heavy (non-hydrogen) atoms. The van der Waals surface area contributed by atoms with Crippen LogP contribution in [0.2, 0.25) is 5.02 Å². The van der Waals surface area contributed by atoms with Crippen molar-refractivity contribution in [1.82, 2.24) is 15.0 Å². The molecule has 0 aliphatic heterocycles. The van der Waals surface area contributed by atoms with Crippen molar-refractivity contribution in [3.05, 3.63) is 66.0 Å². The normalized spacial score (nSPS) is 13.1. The van der Waals surface area contributed by atoms with Gasteiger partial charge in [0, 0.05) is 16.5 Å². The minimum absolute atomic E-state index is 0.0124. The number of thiophene rings is 1. The van der Waals surface area contributed by atoms with Gasteiger partial charge >= 0.3 is 0 Å². The summed E-state index contributed by atoms with van der Waals surface area (Å²) in [6.07, 6.45) is 5.48. The van der Waals surface area contributed by atoms with E-state index in [9.17, 15) is 19.7 Å². The van der Waals surface area contributed by atoms with E-state index >= 15 is 0 Å². The third-order valence-corrected chi connectivity index (χ3v) is 6.09. The van der Waals surface area contributed by atoms with E-state index in [-0.39, 0.29) is 22.8 Å². The lowest BCUT2D eigenvalue weighted by Gasteiger charge is -2.04. The summed E-state index contributed by atoms with van der Waals surface area (Å²) >= 11 is 7.29. The molecule has 0 fully saturated rings. The summed E-state index contributed by atoms with van der Waals surface area (Å²) < 4.78 is 1.26. The number of nitro benzene ring substituents is 1. The number of aryl methyl sites for hydroxylation is 2. The standard InChI is InChI=1S/C18H14ClN5O4S/c19-12-5-4-10(6-13(12)24(27)28)7-21-22-15(25)8-23-9-20-17-16(18(23)26)11-2-1-3-14(11)29-17/h4-7,9H,1-3,8H2,(H,22,25)/b21-7+. The minimum atomic E-state index is -0.602. The Morgan fingerprint density at radius 1 is 1.45 bits per heavy atom. The maximum absolute atomic E-state index is 12.7. The Morgan fingerprint density at radius 2 is 2.28 bits per heavy atom. The molecule has 1 aliphatic carbocycles. The molecule has 0 unspecified atom stereocenters. The Balaban J connectivity index is 1.47. The summed E-state index contributed by atoms with van der Waals surface area (Å²) in [6, 6.07) is 4.16. The van der Waals surface area contributed by atoms with Gasteiger partial charge in [-0.25, -0.2) is 10.4 Å². The van der Waals surface area contributed by atoms with Gasteiger partial charge in [0.25, 0.3) is 17.2 Å². The van der Waals surface area contributed by atoms with Crippen LogP contribution in [0.5, 0.6) is 0 Å². The lowest BCUT2D eigenvalue weighted by atomic mass is 10.2. The van der Waals surface area contributed by atoms with Gasteiger partial charge in [-0.05, 0) is 30.9 Å². The number of nitrogens with zero attached hydrogens (tertiary/aromatic N) is 4. The third-order valence-electron chi connectivity index (χ3n) is 4.58. The predicted octanol–water partition coefficient (Wildman–Crippen LogP) is 2.66. The van der Waals surface area contributed by atoms with Crippen LogP contribution in [0.25, 0.3) is 10.2 Å². The molecule has 0 radical (unpaired) electrons. The van der Waals surface area contributed by atoms with Crippen molar-refractivity contribution in [2.24, 2.45) is 5.10 Å². The zero-order valence-corrected chi connectivity index (χ0v) is 16.5. The molecule has 1 N–H and O–H groups in total. The van der Waals surface area contributed by atoms with Crippen LogP contribution in [-0.2, 0) is 24.2 Å². The quantitative estimate of drug-likeness (QED) is 0.378. The third kappa shape index (κ3) is 3.76. The topological polar surface area (TPSA) is 119 Å². The van der Waals surface area contributed by atoms with Crippen LogP contribution in [0.3, 0.4) is 0 Å². The summed E-state index contributed by atoms with van der Waals surface area (Å²) in [5.41, 5.74) is 3.27. The Morgan fingerprint density at radius 3 is 3.07 bits per heavy atom. The van der Waals surface area contributed by atoms with Crippen LogP contribution >= 0.6 is 22.9 Å². The number of hydrogen-bond donors (Lipinski definition) is 1. The van der Waals surface area contributed by atoms with Crippen LogP contribution in [0.4, 0.5) is 5.69 Å². The average molecular weight is 432 g/mol. The number of carbonyl (C=O) groups is 1. The van der Waals surface area contributed by atoms with Crippen molar-refractivity contribution in [2.45, 2.75) is 25.8 Å². The van der Waals surface area contributed by atoms with Crippen molar-refractivity contribution in [3.63, 3.8) is 0 Å². The van der Waals surface area contributed by atoms with Gasteiger partial charge in [-0.1, -0.05) is 17.7 Å². The molecule has 3 aromatic rings. The van der Waals surface area contributed by atoms with Crippen LogP contribution < -0.4 is 11.0 Å². The van der Waals surface area contributed by atoms with Gasteiger partial charge in [-0.15, -0.1) is 11.3 Å².